The molecule has 0 radical (unpaired) electrons. The Morgan fingerprint density at radius 3 is 2.94 bits per heavy atom. The van der Waals surface area contributed by atoms with Gasteiger partial charge in [-0.1, -0.05) is 6.92 Å². The molecule has 0 spiro atoms. The summed E-state index contributed by atoms with van der Waals surface area (Å²) in [6, 6.07) is -0.0356. The van der Waals surface area contributed by atoms with Crippen molar-refractivity contribution in [2.24, 2.45) is 11.1 Å². The summed E-state index contributed by atoms with van der Waals surface area (Å²) in [5, 5.41) is 3.01. The molecule has 1 heterocycles. The maximum absolute atomic E-state index is 12.0. The number of imidazole rings is 1. The number of hydrogen-bond donors (Lipinski definition) is 3. The van der Waals surface area contributed by atoms with Crippen LogP contribution in [0.3, 0.4) is 0 Å². The predicted molar refractivity (Wildman–Crippen MR) is 60.5 cm³/mol. The third kappa shape index (κ3) is 1.95. The van der Waals surface area contributed by atoms with E-state index < -0.39 is 0 Å². The van der Waals surface area contributed by atoms with Gasteiger partial charge in [-0.05, 0) is 19.3 Å². The van der Waals surface area contributed by atoms with E-state index in [0.29, 0.717) is 6.54 Å². The Morgan fingerprint density at radius 1 is 1.75 bits per heavy atom. The minimum atomic E-state index is -0.292. The summed E-state index contributed by atoms with van der Waals surface area (Å²) < 4.78 is 0. The van der Waals surface area contributed by atoms with Gasteiger partial charge < -0.3 is 16.0 Å². The molecule has 4 N–H and O–H groups in total. The van der Waals surface area contributed by atoms with Crippen LogP contribution in [0.15, 0.2) is 12.4 Å². The van der Waals surface area contributed by atoms with Gasteiger partial charge in [0.1, 0.15) is 5.82 Å². The van der Waals surface area contributed by atoms with Crippen LogP contribution in [-0.4, -0.2) is 22.4 Å². The normalized spacial score (nSPS) is 19.1. The molecule has 5 nitrogen and oxygen atoms in total. The Kier molecular flexibility index (Phi) is 2.96. The minimum absolute atomic E-state index is 0.0356. The average molecular weight is 222 g/mol. The number of nitrogens with one attached hydrogen (secondary N) is 2. The number of aromatic nitrogens is 2. The first kappa shape index (κ1) is 11.1. The number of H-pyrrole nitrogens is 1. The van der Waals surface area contributed by atoms with Crippen LogP contribution < -0.4 is 11.1 Å². The molecule has 0 aliphatic heterocycles. The monoisotopic (exact) mass is 222 g/mol. The van der Waals surface area contributed by atoms with Gasteiger partial charge in [-0.2, -0.15) is 0 Å². The van der Waals surface area contributed by atoms with Crippen LogP contribution in [0.5, 0.6) is 0 Å². The summed E-state index contributed by atoms with van der Waals surface area (Å²) >= 11 is 0. The lowest BCUT2D eigenvalue weighted by Gasteiger charge is -2.19. The van der Waals surface area contributed by atoms with E-state index >= 15 is 0 Å². The number of nitrogens with zero attached hydrogens (tertiary/aromatic N) is 1. The van der Waals surface area contributed by atoms with Gasteiger partial charge in [0.15, 0.2) is 0 Å². The molecule has 5 heteroatoms. The molecule has 1 aromatic heterocycles. The van der Waals surface area contributed by atoms with E-state index in [0.717, 1.165) is 25.1 Å². The second kappa shape index (κ2) is 4.25. The van der Waals surface area contributed by atoms with E-state index in [-0.39, 0.29) is 17.4 Å². The Morgan fingerprint density at radius 2 is 2.50 bits per heavy atom. The summed E-state index contributed by atoms with van der Waals surface area (Å²) in [6.07, 6.45) is 6.09. The Balaban J connectivity index is 2.00. The predicted octanol–water partition coefficient (Wildman–Crippen LogP) is 0.716. The van der Waals surface area contributed by atoms with Crippen LogP contribution in [-0.2, 0) is 4.79 Å². The van der Waals surface area contributed by atoms with Gasteiger partial charge in [0, 0.05) is 18.9 Å². The largest absolute Gasteiger partial charge is 0.347 e. The highest BCUT2D eigenvalue weighted by Gasteiger charge is 2.48. The highest BCUT2D eigenvalue weighted by Crippen LogP contribution is 2.45. The van der Waals surface area contributed by atoms with Gasteiger partial charge in [0.05, 0.1) is 11.5 Å². The van der Waals surface area contributed by atoms with Crippen molar-refractivity contribution in [3.05, 3.63) is 18.2 Å². The van der Waals surface area contributed by atoms with Crippen LogP contribution in [0, 0.1) is 5.41 Å². The maximum atomic E-state index is 12.0. The molecule has 0 aromatic carbocycles. The first-order valence-corrected chi connectivity index (χ1v) is 5.72. The lowest BCUT2D eigenvalue weighted by molar-refractivity contribution is -0.126. The second-order valence-corrected chi connectivity index (χ2v) is 4.39. The average Bonchev–Trinajstić information content (AvgIpc) is 2.93. The first-order chi connectivity index (χ1) is 7.72. The molecular formula is C11H18N4O. The molecule has 0 bridgehead atoms. The molecule has 1 aromatic rings. The zero-order chi connectivity index (χ0) is 11.6. The number of rotatable bonds is 5. The molecule has 1 amide bonds. The van der Waals surface area contributed by atoms with Crippen molar-refractivity contribution in [1.82, 2.24) is 15.3 Å². The van der Waals surface area contributed by atoms with E-state index in [2.05, 4.69) is 15.3 Å². The van der Waals surface area contributed by atoms with Crippen LogP contribution >= 0.6 is 0 Å². The molecule has 1 unspecified atom stereocenters. The quantitative estimate of drug-likeness (QED) is 0.686. The van der Waals surface area contributed by atoms with Gasteiger partial charge in [-0.3, -0.25) is 4.79 Å². The summed E-state index contributed by atoms with van der Waals surface area (Å²) in [4.78, 5) is 19.2. The molecule has 1 fully saturated rings. The molecule has 1 atom stereocenters. The second-order valence-electron chi connectivity index (χ2n) is 4.39. The lowest BCUT2D eigenvalue weighted by Crippen LogP contribution is -2.38. The van der Waals surface area contributed by atoms with Crippen molar-refractivity contribution in [2.75, 3.05) is 6.54 Å². The molecule has 1 saturated carbocycles. The third-order valence-corrected chi connectivity index (χ3v) is 3.29. The van der Waals surface area contributed by atoms with Crippen molar-refractivity contribution in [3.8, 4) is 0 Å². The van der Waals surface area contributed by atoms with Gasteiger partial charge >= 0.3 is 0 Å². The standard InChI is InChI=1S/C11H18N4O/c1-2-8(9-13-5-6-14-9)15-10(16)11(7-12)3-4-11/h5-6,8H,2-4,7,12H2,1H3,(H,13,14)(H,15,16). The van der Waals surface area contributed by atoms with Crippen LogP contribution in [0.25, 0.3) is 0 Å². The van der Waals surface area contributed by atoms with Gasteiger partial charge in [-0.25, -0.2) is 4.98 Å². The number of carbonyl (C=O) groups is 1. The van der Waals surface area contributed by atoms with E-state index in [4.69, 9.17) is 5.73 Å². The van der Waals surface area contributed by atoms with Crippen LogP contribution in [0.1, 0.15) is 38.1 Å². The highest BCUT2D eigenvalue weighted by atomic mass is 16.2. The number of nitrogens with two attached hydrogens (primary N) is 1. The van der Waals surface area contributed by atoms with E-state index in [1.54, 1.807) is 12.4 Å². The number of carbonyl (C=O) groups excluding carboxylic acids is 1. The number of amides is 1. The number of aromatic amines is 1. The molecular weight excluding hydrogens is 204 g/mol. The molecule has 2 rings (SSSR count). The van der Waals surface area contributed by atoms with Crippen molar-refractivity contribution in [3.63, 3.8) is 0 Å². The molecule has 1 aliphatic carbocycles. The van der Waals surface area contributed by atoms with Crippen molar-refractivity contribution in [1.29, 1.82) is 0 Å². The van der Waals surface area contributed by atoms with Crippen molar-refractivity contribution in [2.45, 2.75) is 32.2 Å². The fraction of sp³-hybridized carbons (Fsp3) is 0.636. The summed E-state index contributed by atoms with van der Waals surface area (Å²) in [6.45, 7) is 2.46. The van der Waals surface area contributed by atoms with E-state index in [9.17, 15) is 4.79 Å². The summed E-state index contributed by atoms with van der Waals surface area (Å²) in [7, 11) is 0. The zero-order valence-electron chi connectivity index (χ0n) is 9.49. The minimum Gasteiger partial charge on any atom is -0.347 e. The van der Waals surface area contributed by atoms with Gasteiger partial charge in [-0.15, -0.1) is 0 Å². The molecule has 16 heavy (non-hydrogen) atoms. The number of hydrogen-bond acceptors (Lipinski definition) is 3. The van der Waals surface area contributed by atoms with E-state index in [1.165, 1.54) is 0 Å². The van der Waals surface area contributed by atoms with E-state index in [1.807, 2.05) is 6.92 Å². The fourth-order valence-electron chi connectivity index (χ4n) is 1.82. The highest BCUT2D eigenvalue weighted by molar-refractivity contribution is 5.85. The molecule has 1 aliphatic rings. The van der Waals surface area contributed by atoms with Crippen LogP contribution in [0.4, 0.5) is 0 Å². The topological polar surface area (TPSA) is 83.8 Å². The first-order valence-electron chi connectivity index (χ1n) is 5.72. The third-order valence-electron chi connectivity index (χ3n) is 3.29. The van der Waals surface area contributed by atoms with Crippen LogP contribution in [0.2, 0.25) is 0 Å². The van der Waals surface area contributed by atoms with Crippen molar-refractivity contribution >= 4 is 5.91 Å². The fourth-order valence-corrected chi connectivity index (χ4v) is 1.82. The molecule has 0 saturated heterocycles. The molecule has 88 valence electrons. The Labute approximate surface area is 94.8 Å². The van der Waals surface area contributed by atoms with Gasteiger partial charge in [0.2, 0.25) is 5.91 Å². The zero-order valence-corrected chi connectivity index (χ0v) is 9.49. The SMILES string of the molecule is CCC(NC(=O)C1(CN)CC1)c1ncc[nH]1. The summed E-state index contributed by atoms with van der Waals surface area (Å²) in [5.74, 6) is 0.877. The summed E-state index contributed by atoms with van der Waals surface area (Å²) in [5.41, 5.74) is 5.33. The van der Waals surface area contributed by atoms with Gasteiger partial charge in [0.25, 0.3) is 0 Å². The Hall–Kier alpha value is -1.36. The maximum Gasteiger partial charge on any atom is 0.228 e. The Bertz CT molecular complexity index is 356. The lowest BCUT2D eigenvalue weighted by atomic mass is 10.1. The smallest absolute Gasteiger partial charge is 0.228 e. The van der Waals surface area contributed by atoms with Crippen molar-refractivity contribution < 1.29 is 4.79 Å².